The van der Waals surface area contributed by atoms with Gasteiger partial charge < -0.3 is 15.2 Å². The van der Waals surface area contributed by atoms with E-state index in [-0.39, 0.29) is 35.1 Å². The summed E-state index contributed by atoms with van der Waals surface area (Å²) in [6, 6.07) is 13.3. The van der Waals surface area contributed by atoms with Crippen LogP contribution in [0.2, 0.25) is 5.02 Å². The van der Waals surface area contributed by atoms with Crippen LogP contribution in [0.25, 0.3) is 0 Å². The molecule has 0 amide bonds. The first kappa shape index (κ1) is 26.6. The number of nitriles is 2. The van der Waals surface area contributed by atoms with Gasteiger partial charge in [-0.3, -0.25) is 0 Å². The minimum Gasteiger partial charge on any atom is -0.463 e. The molecule has 7 nitrogen and oxygen atoms in total. The summed E-state index contributed by atoms with van der Waals surface area (Å²) in [5.74, 6) is -1.14. The highest BCUT2D eigenvalue weighted by Gasteiger charge is 2.38. The Morgan fingerprint density at radius 2 is 1.97 bits per heavy atom. The van der Waals surface area contributed by atoms with Crippen LogP contribution in [-0.4, -0.2) is 23.3 Å². The van der Waals surface area contributed by atoms with E-state index < -0.39 is 11.9 Å². The predicted molar refractivity (Wildman–Crippen MR) is 141 cm³/mol. The fraction of sp³-hybridized carbons (Fsp3) is 0.357. The van der Waals surface area contributed by atoms with Gasteiger partial charge in [-0.05, 0) is 55.9 Å². The van der Waals surface area contributed by atoms with E-state index in [4.69, 9.17) is 31.8 Å². The number of rotatable bonds is 6. The van der Waals surface area contributed by atoms with Gasteiger partial charge in [0.2, 0.25) is 5.88 Å². The van der Waals surface area contributed by atoms with Crippen molar-refractivity contribution in [3.05, 3.63) is 80.5 Å². The zero-order chi connectivity index (χ0) is 26.4. The van der Waals surface area contributed by atoms with Crippen molar-refractivity contribution in [3.63, 3.8) is 0 Å². The number of thioether (sulfide) groups is 1. The topological polar surface area (TPSA) is 122 Å². The lowest BCUT2D eigenvalue weighted by atomic mass is 9.83. The number of nitrogens with two attached hydrogens (primary N) is 1. The summed E-state index contributed by atoms with van der Waals surface area (Å²) in [7, 11) is 0. The van der Waals surface area contributed by atoms with Gasteiger partial charge in [-0.25, -0.2) is 9.78 Å². The minimum atomic E-state index is -0.846. The van der Waals surface area contributed by atoms with Crippen molar-refractivity contribution in [2.75, 3.05) is 12.4 Å². The largest absolute Gasteiger partial charge is 0.463 e. The Morgan fingerprint density at radius 3 is 2.68 bits per heavy atom. The molecule has 0 bridgehead atoms. The van der Waals surface area contributed by atoms with Crippen molar-refractivity contribution in [3.8, 4) is 12.1 Å². The maximum Gasteiger partial charge on any atom is 0.338 e. The van der Waals surface area contributed by atoms with Gasteiger partial charge in [0.25, 0.3) is 0 Å². The second kappa shape index (κ2) is 12.2. The van der Waals surface area contributed by atoms with Crippen molar-refractivity contribution in [1.82, 2.24) is 4.98 Å². The number of esters is 1. The van der Waals surface area contributed by atoms with E-state index in [1.54, 1.807) is 31.2 Å². The van der Waals surface area contributed by atoms with E-state index in [2.05, 4.69) is 12.1 Å². The molecule has 4 rings (SSSR count). The Labute approximate surface area is 225 Å². The molecule has 37 heavy (non-hydrogen) atoms. The Kier molecular flexibility index (Phi) is 8.76. The van der Waals surface area contributed by atoms with E-state index in [0.29, 0.717) is 21.2 Å². The zero-order valence-corrected chi connectivity index (χ0v) is 22.1. The summed E-state index contributed by atoms with van der Waals surface area (Å²) >= 11 is 7.78. The number of halogens is 1. The van der Waals surface area contributed by atoms with Crippen molar-refractivity contribution in [2.24, 2.45) is 5.73 Å². The average Bonchev–Trinajstić information content (AvgIpc) is 2.88. The number of aryl methyl sites for hydroxylation is 2. The Morgan fingerprint density at radius 1 is 1.22 bits per heavy atom. The molecule has 190 valence electrons. The SMILES string of the molecule is CCOC(=O)C1=C(CSc2nc3c(cc2C#N)CCCCCC3)OC(N)=C(C#N)[C@H]1c1ccccc1Cl. The third-order valence-electron chi connectivity index (χ3n) is 6.43. The number of benzene rings is 1. The first-order chi connectivity index (χ1) is 18.0. The molecular weight excluding hydrogens is 508 g/mol. The number of nitrogens with zero attached hydrogens (tertiary/aromatic N) is 3. The zero-order valence-electron chi connectivity index (χ0n) is 20.6. The Bertz CT molecular complexity index is 1360. The van der Waals surface area contributed by atoms with Gasteiger partial charge in [0.1, 0.15) is 28.5 Å². The molecule has 1 aliphatic carbocycles. The molecule has 0 spiro atoms. The van der Waals surface area contributed by atoms with Crippen LogP contribution in [0.5, 0.6) is 0 Å². The highest BCUT2D eigenvalue weighted by Crippen LogP contribution is 2.43. The quantitative estimate of drug-likeness (QED) is 0.371. The van der Waals surface area contributed by atoms with E-state index in [1.165, 1.54) is 24.6 Å². The molecule has 2 aliphatic rings. The van der Waals surface area contributed by atoms with Gasteiger partial charge in [0, 0.05) is 10.7 Å². The maximum atomic E-state index is 13.2. The number of hydrogen-bond acceptors (Lipinski definition) is 8. The summed E-state index contributed by atoms with van der Waals surface area (Å²) in [4.78, 5) is 18.1. The molecule has 1 aromatic carbocycles. The van der Waals surface area contributed by atoms with Gasteiger partial charge in [0.15, 0.2) is 0 Å². The number of aromatic nitrogens is 1. The molecule has 1 atom stereocenters. The van der Waals surface area contributed by atoms with Crippen LogP contribution in [0.15, 0.2) is 58.1 Å². The molecule has 0 unspecified atom stereocenters. The third-order valence-corrected chi connectivity index (χ3v) is 7.77. The molecule has 0 radical (unpaired) electrons. The van der Waals surface area contributed by atoms with E-state index in [0.717, 1.165) is 36.9 Å². The van der Waals surface area contributed by atoms with Crippen molar-refractivity contribution < 1.29 is 14.3 Å². The molecule has 2 aromatic rings. The lowest BCUT2D eigenvalue weighted by Gasteiger charge is -2.28. The smallest absolute Gasteiger partial charge is 0.338 e. The van der Waals surface area contributed by atoms with Gasteiger partial charge in [-0.15, -0.1) is 0 Å². The van der Waals surface area contributed by atoms with Crippen LogP contribution >= 0.6 is 23.4 Å². The van der Waals surface area contributed by atoms with Gasteiger partial charge in [-0.1, -0.05) is 54.4 Å². The molecule has 0 fully saturated rings. The summed E-state index contributed by atoms with van der Waals surface area (Å²) in [6.07, 6.45) is 6.30. The maximum absolute atomic E-state index is 13.2. The first-order valence-corrected chi connectivity index (χ1v) is 13.6. The molecule has 1 aliphatic heterocycles. The van der Waals surface area contributed by atoms with Crippen molar-refractivity contribution >= 4 is 29.3 Å². The van der Waals surface area contributed by atoms with E-state index in [1.807, 2.05) is 6.07 Å². The van der Waals surface area contributed by atoms with E-state index >= 15 is 0 Å². The number of fused-ring (bicyclic) bond motifs is 1. The van der Waals surface area contributed by atoms with Crippen molar-refractivity contribution in [2.45, 2.75) is 56.4 Å². The second-order valence-corrected chi connectivity index (χ2v) is 10.1. The van der Waals surface area contributed by atoms with Crippen LogP contribution < -0.4 is 5.73 Å². The van der Waals surface area contributed by atoms with Crippen LogP contribution in [0.3, 0.4) is 0 Å². The molecular formula is C28H27ClN4O3S. The molecule has 0 saturated carbocycles. The number of hydrogen-bond donors (Lipinski definition) is 1. The number of carbonyl (C=O) groups is 1. The standard InChI is InChI=1S/C28H27ClN4O3S/c1-2-35-28(34)25-23(36-26(32)20(15-31)24(25)19-10-7-8-11-21(19)29)16-37-27-18(14-30)13-17-9-5-3-4-6-12-22(17)33-27/h7-8,10-11,13,24H,2-6,9,12,16,32H2,1H3/t24-/m1/s1. The van der Waals surface area contributed by atoms with Crippen molar-refractivity contribution in [1.29, 1.82) is 10.5 Å². The second-order valence-electron chi connectivity index (χ2n) is 8.77. The number of ether oxygens (including phenoxy) is 2. The Balaban J connectivity index is 1.76. The summed E-state index contributed by atoms with van der Waals surface area (Å²) in [6.45, 7) is 1.85. The third kappa shape index (κ3) is 5.77. The number of pyridine rings is 1. The van der Waals surface area contributed by atoms with Gasteiger partial charge >= 0.3 is 5.97 Å². The fourth-order valence-electron chi connectivity index (χ4n) is 4.67. The van der Waals surface area contributed by atoms with Crippen LogP contribution in [0, 0.1) is 22.7 Å². The highest BCUT2D eigenvalue weighted by molar-refractivity contribution is 7.99. The summed E-state index contributed by atoms with van der Waals surface area (Å²) in [5.41, 5.74) is 9.61. The highest BCUT2D eigenvalue weighted by atomic mass is 35.5. The van der Waals surface area contributed by atoms with E-state index in [9.17, 15) is 15.3 Å². The van der Waals surface area contributed by atoms with Gasteiger partial charge in [-0.2, -0.15) is 10.5 Å². The summed E-state index contributed by atoms with van der Waals surface area (Å²) in [5, 5.41) is 20.7. The average molecular weight is 535 g/mol. The van der Waals surface area contributed by atoms with Gasteiger partial charge in [0.05, 0.1) is 29.4 Å². The van der Waals surface area contributed by atoms with Crippen LogP contribution in [0.1, 0.15) is 60.9 Å². The number of carbonyl (C=O) groups excluding carboxylic acids is 1. The van der Waals surface area contributed by atoms with Crippen LogP contribution in [0.4, 0.5) is 0 Å². The molecule has 0 saturated heterocycles. The minimum absolute atomic E-state index is 0.0850. The monoisotopic (exact) mass is 534 g/mol. The molecule has 9 heteroatoms. The Hall–Kier alpha value is -3.46. The molecule has 2 heterocycles. The number of allylic oxidation sites excluding steroid dienone is 1. The predicted octanol–water partition coefficient (Wildman–Crippen LogP) is 5.68. The molecule has 2 N–H and O–H groups in total. The van der Waals surface area contributed by atoms with Crippen LogP contribution in [-0.2, 0) is 27.1 Å². The lowest BCUT2D eigenvalue weighted by Crippen LogP contribution is -2.27. The fourth-order valence-corrected chi connectivity index (χ4v) is 5.83. The lowest BCUT2D eigenvalue weighted by molar-refractivity contribution is -0.139. The summed E-state index contributed by atoms with van der Waals surface area (Å²) < 4.78 is 11.2. The normalized spacial score (nSPS) is 17.6. The molecule has 1 aromatic heterocycles. The first-order valence-electron chi connectivity index (χ1n) is 12.3.